The molecule has 1 amide bonds. The van der Waals surface area contributed by atoms with Crippen molar-refractivity contribution in [2.24, 2.45) is 5.92 Å². The van der Waals surface area contributed by atoms with Gasteiger partial charge < -0.3 is 4.90 Å². The van der Waals surface area contributed by atoms with Crippen LogP contribution < -0.4 is 4.90 Å². The summed E-state index contributed by atoms with van der Waals surface area (Å²) in [6.07, 6.45) is 2.74. The number of fused-ring (bicyclic) bond motifs is 1. The van der Waals surface area contributed by atoms with E-state index in [4.69, 9.17) is 0 Å². The second-order valence-corrected chi connectivity index (χ2v) is 6.26. The molecule has 0 saturated heterocycles. The third-order valence-electron chi connectivity index (χ3n) is 3.99. The molecule has 1 aliphatic rings. The Bertz CT molecular complexity index is 554. The monoisotopic (exact) mass is 337 g/mol. The van der Waals surface area contributed by atoms with Gasteiger partial charge in [0.05, 0.1) is 0 Å². The number of carbonyl (C=O) groups is 2. The van der Waals surface area contributed by atoms with Crippen LogP contribution in [0.2, 0.25) is 0 Å². The van der Waals surface area contributed by atoms with Crippen LogP contribution in [0.3, 0.4) is 0 Å². The molecule has 1 aliphatic heterocycles. The summed E-state index contributed by atoms with van der Waals surface area (Å²) in [5.41, 5.74) is 2.73. The molecule has 0 spiro atoms. The van der Waals surface area contributed by atoms with Crippen molar-refractivity contribution < 1.29 is 9.59 Å². The number of Topliss-reactive ketones (excluding diaryl/α,β-unsaturated/α-hetero) is 1. The van der Waals surface area contributed by atoms with Gasteiger partial charge in [-0.2, -0.15) is 0 Å². The van der Waals surface area contributed by atoms with Crippen molar-refractivity contribution in [1.29, 1.82) is 0 Å². The maximum atomic E-state index is 12.4. The van der Waals surface area contributed by atoms with Crippen LogP contribution in [0, 0.1) is 5.92 Å². The van der Waals surface area contributed by atoms with Crippen LogP contribution in [0.25, 0.3) is 0 Å². The van der Waals surface area contributed by atoms with E-state index in [-0.39, 0.29) is 17.6 Å². The number of anilines is 1. The summed E-state index contributed by atoms with van der Waals surface area (Å²) in [5, 5.41) is 0. The smallest absolute Gasteiger partial charge is 0.223 e. The Labute approximate surface area is 128 Å². The molecule has 3 nitrogen and oxygen atoms in total. The summed E-state index contributed by atoms with van der Waals surface area (Å²) in [6.45, 7) is 6.27. The normalized spacial score (nSPS) is 15.7. The average Bonchev–Trinajstić information content (AvgIpc) is 2.43. The van der Waals surface area contributed by atoms with E-state index in [1.165, 1.54) is 0 Å². The molecule has 1 unspecified atom stereocenters. The number of rotatable bonds is 3. The molecular weight excluding hydrogens is 318 g/mol. The molecule has 0 saturated carbocycles. The summed E-state index contributed by atoms with van der Waals surface area (Å²) < 4.78 is 0.840. The Morgan fingerprint density at radius 1 is 1.40 bits per heavy atom. The third kappa shape index (κ3) is 2.80. The average molecular weight is 338 g/mol. The highest BCUT2D eigenvalue weighted by molar-refractivity contribution is 9.10. The van der Waals surface area contributed by atoms with Crippen molar-refractivity contribution in [3.8, 4) is 0 Å². The number of hydrogen-bond acceptors (Lipinski definition) is 2. The predicted octanol–water partition coefficient (Wildman–Crippen LogP) is 3.98. The minimum Gasteiger partial charge on any atom is -0.312 e. The second-order valence-electron chi connectivity index (χ2n) is 5.41. The molecule has 0 bridgehead atoms. The zero-order valence-corrected chi connectivity index (χ0v) is 13.8. The van der Waals surface area contributed by atoms with E-state index in [2.05, 4.69) is 15.9 Å². The van der Waals surface area contributed by atoms with Gasteiger partial charge in [-0.3, -0.25) is 9.59 Å². The molecule has 20 heavy (non-hydrogen) atoms. The number of carbonyl (C=O) groups excluding carboxylic acids is 2. The lowest BCUT2D eigenvalue weighted by molar-refractivity contribution is -0.116. The third-order valence-corrected chi connectivity index (χ3v) is 4.65. The number of aryl methyl sites for hydroxylation is 1. The largest absolute Gasteiger partial charge is 0.312 e. The van der Waals surface area contributed by atoms with Crippen LogP contribution in [0.4, 0.5) is 5.69 Å². The van der Waals surface area contributed by atoms with Gasteiger partial charge in [0.25, 0.3) is 0 Å². The van der Waals surface area contributed by atoms with E-state index in [1.54, 1.807) is 11.8 Å². The van der Waals surface area contributed by atoms with Gasteiger partial charge in [-0.1, -0.05) is 29.8 Å². The number of halogens is 1. The minimum absolute atomic E-state index is 0.00119. The van der Waals surface area contributed by atoms with Gasteiger partial charge in [-0.15, -0.1) is 0 Å². The molecular formula is C16H20BrNO2. The summed E-state index contributed by atoms with van der Waals surface area (Å²) >= 11 is 3.51. The highest BCUT2D eigenvalue weighted by atomic mass is 79.9. The van der Waals surface area contributed by atoms with Crippen molar-refractivity contribution in [2.45, 2.75) is 40.0 Å². The van der Waals surface area contributed by atoms with Gasteiger partial charge in [0.15, 0.2) is 5.78 Å². The minimum atomic E-state index is -0.00119. The SMILES string of the molecule is CCC(C)C(=O)c1cc2c(cc1Br)CCCN2C(C)=O. The fourth-order valence-corrected chi connectivity index (χ4v) is 3.16. The van der Waals surface area contributed by atoms with Gasteiger partial charge in [0, 0.05) is 35.1 Å². The van der Waals surface area contributed by atoms with Crippen LogP contribution in [0.15, 0.2) is 16.6 Å². The molecule has 0 N–H and O–H groups in total. The van der Waals surface area contributed by atoms with E-state index in [0.717, 1.165) is 41.5 Å². The number of nitrogens with zero attached hydrogens (tertiary/aromatic N) is 1. The Kier molecular flexibility index (Phi) is 4.63. The van der Waals surface area contributed by atoms with Gasteiger partial charge >= 0.3 is 0 Å². The molecule has 1 heterocycles. The van der Waals surface area contributed by atoms with E-state index in [1.807, 2.05) is 26.0 Å². The maximum Gasteiger partial charge on any atom is 0.223 e. The number of ketones is 1. The van der Waals surface area contributed by atoms with Gasteiger partial charge in [0.1, 0.15) is 0 Å². The van der Waals surface area contributed by atoms with Crippen LogP contribution in [-0.2, 0) is 11.2 Å². The topological polar surface area (TPSA) is 37.4 Å². The molecule has 1 atom stereocenters. The van der Waals surface area contributed by atoms with Crippen molar-refractivity contribution >= 4 is 33.3 Å². The summed E-state index contributed by atoms with van der Waals surface area (Å²) in [5.74, 6) is 0.171. The zero-order valence-electron chi connectivity index (χ0n) is 12.2. The quantitative estimate of drug-likeness (QED) is 0.782. The Morgan fingerprint density at radius 3 is 2.70 bits per heavy atom. The summed E-state index contributed by atoms with van der Waals surface area (Å²) in [4.78, 5) is 25.9. The molecule has 0 fully saturated rings. The lowest BCUT2D eigenvalue weighted by Gasteiger charge is -2.29. The predicted molar refractivity (Wildman–Crippen MR) is 84.3 cm³/mol. The number of hydrogen-bond donors (Lipinski definition) is 0. The first-order valence-corrected chi connectivity index (χ1v) is 7.89. The van der Waals surface area contributed by atoms with Crippen LogP contribution in [0.5, 0.6) is 0 Å². The van der Waals surface area contributed by atoms with Crippen molar-refractivity contribution in [1.82, 2.24) is 0 Å². The van der Waals surface area contributed by atoms with E-state index in [0.29, 0.717) is 5.56 Å². The molecule has 0 aliphatic carbocycles. The lowest BCUT2D eigenvalue weighted by atomic mass is 9.93. The molecule has 4 heteroatoms. The van der Waals surface area contributed by atoms with Crippen molar-refractivity contribution in [2.75, 3.05) is 11.4 Å². The first-order valence-electron chi connectivity index (χ1n) is 7.10. The van der Waals surface area contributed by atoms with E-state index in [9.17, 15) is 9.59 Å². The van der Waals surface area contributed by atoms with E-state index >= 15 is 0 Å². The summed E-state index contributed by atoms with van der Waals surface area (Å²) in [6, 6.07) is 3.88. The van der Waals surface area contributed by atoms with Crippen LogP contribution >= 0.6 is 15.9 Å². The van der Waals surface area contributed by atoms with Gasteiger partial charge in [-0.05, 0) is 37.0 Å². The van der Waals surface area contributed by atoms with E-state index < -0.39 is 0 Å². The fraction of sp³-hybridized carbons (Fsp3) is 0.500. The van der Waals surface area contributed by atoms with Gasteiger partial charge in [0.2, 0.25) is 5.91 Å². The maximum absolute atomic E-state index is 12.4. The Hall–Kier alpha value is -1.16. The highest BCUT2D eigenvalue weighted by Gasteiger charge is 2.24. The Morgan fingerprint density at radius 2 is 2.10 bits per heavy atom. The van der Waals surface area contributed by atoms with Crippen LogP contribution in [-0.4, -0.2) is 18.2 Å². The number of amides is 1. The van der Waals surface area contributed by atoms with Crippen molar-refractivity contribution in [3.63, 3.8) is 0 Å². The van der Waals surface area contributed by atoms with Crippen molar-refractivity contribution in [3.05, 3.63) is 27.7 Å². The molecule has 0 radical (unpaired) electrons. The highest BCUT2D eigenvalue weighted by Crippen LogP contribution is 2.34. The lowest BCUT2D eigenvalue weighted by Crippen LogP contribution is -2.33. The second kappa shape index (κ2) is 6.08. The fourth-order valence-electron chi connectivity index (χ4n) is 2.57. The standard InChI is InChI=1S/C16H20BrNO2/c1-4-10(2)16(20)13-9-15-12(8-14(13)17)6-5-7-18(15)11(3)19/h8-10H,4-7H2,1-3H3. The number of benzene rings is 1. The molecule has 0 aromatic heterocycles. The Balaban J connectivity index is 2.49. The molecule has 2 rings (SSSR count). The first-order chi connectivity index (χ1) is 9.45. The van der Waals surface area contributed by atoms with Crippen LogP contribution in [0.1, 0.15) is 49.5 Å². The van der Waals surface area contributed by atoms with Gasteiger partial charge in [-0.25, -0.2) is 0 Å². The zero-order chi connectivity index (χ0) is 14.9. The molecule has 1 aromatic rings. The summed E-state index contributed by atoms with van der Waals surface area (Å²) in [7, 11) is 0. The molecule has 108 valence electrons. The molecule has 1 aromatic carbocycles. The first kappa shape index (κ1) is 15.2.